The predicted octanol–water partition coefficient (Wildman–Crippen LogP) is 0.443. The zero-order chi connectivity index (χ0) is 9.52. The normalized spacial score (nSPS) is 22.8. The standard InChI is InChI=1S/C10H22N2O/c1-2-12(8-9-13)7-5-10-4-3-6-11-10/h10-11,13H,2-9H2,1H3. The van der Waals surface area contributed by atoms with Crippen molar-refractivity contribution in [2.45, 2.75) is 32.2 Å². The van der Waals surface area contributed by atoms with Crippen LogP contribution in [-0.4, -0.2) is 48.8 Å². The van der Waals surface area contributed by atoms with Crippen LogP contribution < -0.4 is 5.32 Å². The van der Waals surface area contributed by atoms with Gasteiger partial charge in [-0.25, -0.2) is 0 Å². The maximum absolute atomic E-state index is 8.80. The number of aliphatic hydroxyl groups excluding tert-OH is 1. The van der Waals surface area contributed by atoms with Crippen molar-refractivity contribution in [3.05, 3.63) is 0 Å². The van der Waals surface area contributed by atoms with Gasteiger partial charge in [0, 0.05) is 12.6 Å². The van der Waals surface area contributed by atoms with Gasteiger partial charge in [0.2, 0.25) is 0 Å². The average Bonchev–Trinajstić information content (AvgIpc) is 2.64. The van der Waals surface area contributed by atoms with E-state index in [0.29, 0.717) is 0 Å². The Labute approximate surface area is 81.1 Å². The minimum atomic E-state index is 0.284. The van der Waals surface area contributed by atoms with Crippen LogP contribution in [0, 0.1) is 0 Å². The van der Waals surface area contributed by atoms with E-state index in [1.54, 1.807) is 0 Å². The van der Waals surface area contributed by atoms with Crippen molar-refractivity contribution >= 4 is 0 Å². The van der Waals surface area contributed by atoms with Crippen molar-refractivity contribution in [3.8, 4) is 0 Å². The van der Waals surface area contributed by atoms with E-state index in [0.717, 1.165) is 25.7 Å². The number of hydrogen-bond acceptors (Lipinski definition) is 3. The first-order chi connectivity index (χ1) is 6.36. The molecule has 0 radical (unpaired) electrons. The fraction of sp³-hybridized carbons (Fsp3) is 1.00. The molecule has 1 heterocycles. The lowest BCUT2D eigenvalue weighted by Crippen LogP contribution is -2.32. The molecule has 1 rings (SSSR count). The Morgan fingerprint density at radius 1 is 1.46 bits per heavy atom. The Morgan fingerprint density at radius 3 is 2.85 bits per heavy atom. The average molecular weight is 186 g/mol. The van der Waals surface area contributed by atoms with Gasteiger partial charge in [0.15, 0.2) is 0 Å². The van der Waals surface area contributed by atoms with Gasteiger partial charge >= 0.3 is 0 Å². The highest BCUT2D eigenvalue weighted by atomic mass is 16.3. The molecule has 0 aromatic heterocycles. The highest BCUT2D eigenvalue weighted by Crippen LogP contribution is 2.09. The topological polar surface area (TPSA) is 35.5 Å². The van der Waals surface area contributed by atoms with E-state index in [1.165, 1.54) is 25.8 Å². The molecule has 0 aromatic carbocycles. The monoisotopic (exact) mass is 186 g/mol. The summed E-state index contributed by atoms with van der Waals surface area (Å²) in [7, 11) is 0. The number of rotatable bonds is 6. The highest BCUT2D eigenvalue weighted by molar-refractivity contribution is 4.75. The van der Waals surface area contributed by atoms with Gasteiger partial charge < -0.3 is 15.3 Å². The molecule has 13 heavy (non-hydrogen) atoms. The molecule has 3 heteroatoms. The van der Waals surface area contributed by atoms with Gasteiger partial charge in [0.1, 0.15) is 0 Å². The Hall–Kier alpha value is -0.120. The van der Waals surface area contributed by atoms with Crippen LogP contribution in [0.1, 0.15) is 26.2 Å². The minimum absolute atomic E-state index is 0.284. The number of nitrogens with zero attached hydrogens (tertiary/aromatic N) is 1. The van der Waals surface area contributed by atoms with Crippen LogP contribution in [0.15, 0.2) is 0 Å². The highest BCUT2D eigenvalue weighted by Gasteiger charge is 2.14. The van der Waals surface area contributed by atoms with Gasteiger partial charge in [-0.1, -0.05) is 6.92 Å². The third-order valence-corrected chi connectivity index (χ3v) is 2.82. The quantitative estimate of drug-likeness (QED) is 0.632. The Balaban J connectivity index is 2.07. The van der Waals surface area contributed by atoms with Crippen LogP contribution in [0.2, 0.25) is 0 Å². The molecule has 1 atom stereocenters. The number of nitrogens with one attached hydrogen (secondary N) is 1. The maximum atomic E-state index is 8.80. The summed E-state index contributed by atoms with van der Waals surface area (Å²) in [5, 5.41) is 12.3. The molecule has 1 aliphatic rings. The fourth-order valence-corrected chi connectivity index (χ4v) is 1.91. The third kappa shape index (κ3) is 4.07. The first-order valence-corrected chi connectivity index (χ1v) is 5.43. The van der Waals surface area contributed by atoms with Crippen molar-refractivity contribution in [1.29, 1.82) is 0 Å². The molecular formula is C10H22N2O. The molecule has 0 bridgehead atoms. The molecule has 3 nitrogen and oxygen atoms in total. The lowest BCUT2D eigenvalue weighted by atomic mass is 10.1. The van der Waals surface area contributed by atoms with E-state index in [9.17, 15) is 0 Å². The van der Waals surface area contributed by atoms with Gasteiger partial charge in [-0.3, -0.25) is 0 Å². The van der Waals surface area contributed by atoms with Crippen molar-refractivity contribution in [1.82, 2.24) is 10.2 Å². The van der Waals surface area contributed by atoms with E-state index < -0.39 is 0 Å². The van der Waals surface area contributed by atoms with E-state index in [1.807, 2.05) is 0 Å². The molecular weight excluding hydrogens is 164 g/mol. The Morgan fingerprint density at radius 2 is 2.31 bits per heavy atom. The minimum Gasteiger partial charge on any atom is -0.395 e. The van der Waals surface area contributed by atoms with Gasteiger partial charge in [-0.15, -0.1) is 0 Å². The van der Waals surface area contributed by atoms with Gasteiger partial charge in [-0.05, 0) is 38.9 Å². The summed E-state index contributed by atoms with van der Waals surface area (Å²) in [4.78, 5) is 2.31. The summed E-state index contributed by atoms with van der Waals surface area (Å²) in [6.07, 6.45) is 3.89. The molecule has 0 saturated carbocycles. The van der Waals surface area contributed by atoms with E-state index in [-0.39, 0.29) is 6.61 Å². The number of hydrogen-bond donors (Lipinski definition) is 2. The molecule has 0 amide bonds. The lowest BCUT2D eigenvalue weighted by molar-refractivity contribution is 0.196. The van der Waals surface area contributed by atoms with Crippen molar-refractivity contribution < 1.29 is 5.11 Å². The first kappa shape index (κ1) is 11.0. The molecule has 1 fully saturated rings. The van der Waals surface area contributed by atoms with E-state index in [4.69, 9.17) is 5.11 Å². The zero-order valence-corrected chi connectivity index (χ0v) is 8.63. The smallest absolute Gasteiger partial charge is 0.0558 e. The van der Waals surface area contributed by atoms with Gasteiger partial charge in [0.05, 0.1) is 6.61 Å². The van der Waals surface area contributed by atoms with Crippen LogP contribution in [0.3, 0.4) is 0 Å². The van der Waals surface area contributed by atoms with Crippen molar-refractivity contribution in [2.75, 3.05) is 32.8 Å². The summed E-state index contributed by atoms with van der Waals surface area (Å²) in [6, 6.07) is 0.729. The molecule has 1 unspecified atom stereocenters. The third-order valence-electron chi connectivity index (χ3n) is 2.82. The molecule has 1 saturated heterocycles. The van der Waals surface area contributed by atoms with Crippen LogP contribution >= 0.6 is 0 Å². The molecule has 0 aliphatic carbocycles. The summed E-state index contributed by atoms with van der Waals surface area (Å²) >= 11 is 0. The second-order valence-electron chi connectivity index (χ2n) is 3.74. The Kier molecular flexibility index (Phi) is 5.35. The SMILES string of the molecule is CCN(CCO)CCC1CCCN1. The van der Waals surface area contributed by atoms with Crippen LogP contribution in [0.25, 0.3) is 0 Å². The molecule has 0 spiro atoms. The van der Waals surface area contributed by atoms with Gasteiger partial charge in [-0.2, -0.15) is 0 Å². The summed E-state index contributed by atoms with van der Waals surface area (Å²) < 4.78 is 0. The molecule has 78 valence electrons. The van der Waals surface area contributed by atoms with E-state index in [2.05, 4.69) is 17.1 Å². The largest absolute Gasteiger partial charge is 0.395 e. The van der Waals surface area contributed by atoms with E-state index >= 15 is 0 Å². The summed E-state index contributed by atoms with van der Waals surface area (Å²) in [6.45, 7) is 6.62. The maximum Gasteiger partial charge on any atom is 0.0558 e. The van der Waals surface area contributed by atoms with Gasteiger partial charge in [0.25, 0.3) is 0 Å². The lowest BCUT2D eigenvalue weighted by Gasteiger charge is -2.21. The zero-order valence-electron chi connectivity index (χ0n) is 8.63. The van der Waals surface area contributed by atoms with Crippen molar-refractivity contribution in [3.63, 3.8) is 0 Å². The number of aliphatic hydroxyl groups is 1. The fourth-order valence-electron chi connectivity index (χ4n) is 1.91. The van der Waals surface area contributed by atoms with Crippen LogP contribution in [0.5, 0.6) is 0 Å². The predicted molar refractivity (Wildman–Crippen MR) is 54.8 cm³/mol. The second kappa shape index (κ2) is 6.35. The summed E-state index contributed by atoms with van der Waals surface area (Å²) in [5.41, 5.74) is 0. The van der Waals surface area contributed by atoms with Crippen LogP contribution in [0.4, 0.5) is 0 Å². The van der Waals surface area contributed by atoms with Crippen LogP contribution in [-0.2, 0) is 0 Å². The molecule has 1 aliphatic heterocycles. The molecule has 0 aromatic rings. The molecule has 2 N–H and O–H groups in total. The Bertz CT molecular complexity index is 124. The number of likely N-dealkylation sites (N-methyl/N-ethyl adjacent to an activating group) is 1. The first-order valence-electron chi connectivity index (χ1n) is 5.43. The summed E-state index contributed by atoms with van der Waals surface area (Å²) in [5.74, 6) is 0. The van der Waals surface area contributed by atoms with Crippen molar-refractivity contribution in [2.24, 2.45) is 0 Å². The second-order valence-corrected chi connectivity index (χ2v) is 3.74.